The van der Waals surface area contributed by atoms with Crippen molar-refractivity contribution in [1.82, 2.24) is 0 Å². The molecule has 2 heteroatoms. The molecule has 0 bridgehead atoms. The van der Waals surface area contributed by atoms with Crippen LogP contribution in [0.2, 0.25) is 0 Å². The van der Waals surface area contributed by atoms with Crippen LogP contribution in [-0.2, 0) is 0 Å². The number of aliphatic hydroxyl groups excluding tert-OH is 1. The van der Waals surface area contributed by atoms with Crippen LogP contribution < -0.4 is 0 Å². The van der Waals surface area contributed by atoms with Crippen molar-refractivity contribution in [2.24, 2.45) is 0 Å². The summed E-state index contributed by atoms with van der Waals surface area (Å²) in [5, 5.41) is 9.33. The Morgan fingerprint density at radius 2 is 2.00 bits per heavy atom. The predicted molar refractivity (Wildman–Crippen MR) is 57.8 cm³/mol. The zero-order valence-corrected chi connectivity index (χ0v) is 9.20. The summed E-state index contributed by atoms with van der Waals surface area (Å²) in [6.07, 6.45) is 6.73. The molecular weight excluding hydrogens is 168 g/mol. The van der Waals surface area contributed by atoms with E-state index in [1.807, 2.05) is 11.8 Å². The maximum absolute atomic E-state index is 8.60. The minimum atomic E-state index is 0.323. The van der Waals surface area contributed by atoms with Gasteiger partial charge in [-0.1, -0.05) is 39.5 Å². The summed E-state index contributed by atoms with van der Waals surface area (Å²) >= 11 is 1.88. The summed E-state index contributed by atoms with van der Waals surface area (Å²) < 4.78 is 0. The Morgan fingerprint density at radius 3 is 2.58 bits per heavy atom. The number of unbranched alkanes of at least 4 members (excludes halogenated alkanes) is 3. The summed E-state index contributed by atoms with van der Waals surface area (Å²) in [5.74, 6) is 0.898. The zero-order valence-electron chi connectivity index (χ0n) is 8.38. The lowest BCUT2D eigenvalue weighted by Gasteiger charge is -2.09. The van der Waals surface area contributed by atoms with Gasteiger partial charge in [-0.3, -0.25) is 0 Å². The van der Waals surface area contributed by atoms with Crippen LogP contribution in [0.1, 0.15) is 46.0 Å². The molecule has 0 aliphatic rings. The molecule has 0 rings (SSSR count). The van der Waals surface area contributed by atoms with Gasteiger partial charge in [0.1, 0.15) is 0 Å². The average Bonchev–Trinajstić information content (AvgIpc) is 2.09. The lowest BCUT2D eigenvalue weighted by Crippen LogP contribution is -1.99. The van der Waals surface area contributed by atoms with Crippen LogP contribution in [0.4, 0.5) is 0 Å². The minimum absolute atomic E-state index is 0.323. The number of thioether (sulfide) groups is 1. The normalized spacial score (nSPS) is 13.2. The second-order valence-corrected chi connectivity index (χ2v) is 4.80. The first-order valence-corrected chi connectivity index (χ1v) is 6.08. The molecule has 1 N–H and O–H groups in total. The van der Waals surface area contributed by atoms with E-state index >= 15 is 0 Å². The Kier molecular flexibility index (Phi) is 9.64. The van der Waals surface area contributed by atoms with Gasteiger partial charge in [0.05, 0.1) is 6.61 Å². The van der Waals surface area contributed by atoms with Gasteiger partial charge in [-0.15, -0.1) is 0 Å². The van der Waals surface area contributed by atoms with E-state index in [0.717, 1.165) is 11.0 Å². The molecule has 1 unspecified atom stereocenters. The molecular formula is C10H22OS. The summed E-state index contributed by atoms with van der Waals surface area (Å²) in [6.45, 7) is 4.82. The summed E-state index contributed by atoms with van der Waals surface area (Å²) in [5.41, 5.74) is 0. The molecule has 0 spiro atoms. The summed E-state index contributed by atoms with van der Waals surface area (Å²) in [7, 11) is 0. The average molecular weight is 190 g/mol. The number of rotatable bonds is 8. The van der Waals surface area contributed by atoms with E-state index in [9.17, 15) is 0 Å². The van der Waals surface area contributed by atoms with Crippen LogP contribution in [0.3, 0.4) is 0 Å². The van der Waals surface area contributed by atoms with Gasteiger partial charge in [0, 0.05) is 11.0 Å². The first-order valence-electron chi connectivity index (χ1n) is 5.03. The molecule has 0 heterocycles. The molecule has 0 radical (unpaired) electrons. The van der Waals surface area contributed by atoms with Crippen molar-refractivity contribution in [1.29, 1.82) is 0 Å². The minimum Gasteiger partial charge on any atom is -0.396 e. The molecule has 0 saturated heterocycles. The third-order valence-corrected chi connectivity index (χ3v) is 3.18. The maximum atomic E-state index is 8.60. The molecule has 0 saturated carbocycles. The highest BCUT2D eigenvalue weighted by atomic mass is 32.2. The van der Waals surface area contributed by atoms with Gasteiger partial charge < -0.3 is 5.11 Å². The van der Waals surface area contributed by atoms with E-state index in [2.05, 4.69) is 13.8 Å². The highest BCUT2D eigenvalue weighted by Crippen LogP contribution is 2.16. The lowest BCUT2D eigenvalue weighted by molar-refractivity contribution is 0.322. The topological polar surface area (TPSA) is 20.2 Å². The Morgan fingerprint density at radius 1 is 1.25 bits per heavy atom. The van der Waals surface area contributed by atoms with E-state index in [-0.39, 0.29) is 0 Å². The molecule has 0 aromatic carbocycles. The van der Waals surface area contributed by atoms with Crippen molar-refractivity contribution >= 4 is 11.8 Å². The van der Waals surface area contributed by atoms with E-state index in [1.165, 1.54) is 32.1 Å². The fraction of sp³-hybridized carbons (Fsp3) is 1.00. The molecule has 74 valence electrons. The molecule has 0 aromatic rings. The fourth-order valence-corrected chi connectivity index (χ4v) is 2.04. The predicted octanol–water partition coefficient (Wildman–Crippen LogP) is 3.07. The fourth-order valence-electron chi connectivity index (χ4n) is 1.20. The quantitative estimate of drug-likeness (QED) is 0.594. The van der Waals surface area contributed by atoms with Crippen molar-refractivity contribution in [2.75, 3.05) is 12.4 Å². The number of hydrogen-bond donors (Lipinski definition) is 1. The zero-order chi connectivity index (χ0) is 9.23. The van der Waals surface area contributed by atoms with E-state index in [0.29, 0.717) is 6.61 Å². The van der Waals surface area contributed by atoms with E-state index in [4.69, 9.17) is 5.11 Å². The monoisotopic (exact) mass is 190 g/mol. The smallest absolute Gasteiger partial charge is 0.0521 e. The molecule has 1 nitrogen and oxygen atoms in total. The molecule has 0 aliphatic heterocycles. The second-order valence-electron chi connectivity index (χ2n) is 3.25. The molecule has 0 amide bonds. The van der Waals surface area contributed by atoms with Crippen LogP contribution in [0.25, 0.3) is 0 Å². The number of hydrogen-bond acceptors (Lipinski definition) is 2. The van der Waals surface area contributed by atoms with Gasteiger partial charge in [0.15, 0.2) is 0 Å². The summed E-state index contributed by atoms with van der Waals surface area (Å²) in [6, 6.07) is 0. The lowest BCUT2D eigenvalue weighted by atomic mass is 10.1. The Balaban J connectivity index is 3.02. The standard InChI is InChI=1S/C10H22OS/c1-3-4-5-6-7-10(2)12-9-8-11/h10-11H,3-9H2,1-2H3. The Labute approximate surface area is 80.9 Å². The van der Waals surface area contributed by atoms with E-state index in [1.54, 1.807) is 0 Å². The Hall–Kier alpha value is 0.310. The molecule has 12 heavy (non-hydrogen) atoms. The van der Waals surface area contributed by atoms with Crippen molar-refractivity contribution in [3.63, 3.8) is 0 Å². The first-order chi connectivity index (χ1) is 5.81. The van der Waals surface area contributed by atoms with Gasteiger partial charge in [-0.25, -0.2) is 0 Å². The van der Waals surface area contributed by atoms with Gasteiger partial charge in [0.25, 0.3) is 0 Å². The van der Waals surface area contributed by atoms with Crippen molar-refractivity contribution < 1.29 is 5.11 Å². The van der Waals surface area contributed by atoms with Gasteiger partial charge in [-0.05, 0) is 6.42 Å². The van der Waals surface area contributed by atoms with Gasteiger partial charge in [-0.2, -0.15) is 11.8 Å². The van der Waals surface area contributed by atoms with Crippen molar-refractivity contribution in [3.8, 4) is 0 Å². The van der Waals surface area contributed by atoms with Gasteiger partial charge in [0.2, 0.25) is 0 Å². The van der Waals surface area contributed by atoms with E-state index < -0.39 is 0 Å². The third-order valence-electron chi connectivity index (χ3n) is 1.96. The molecule has 0 aliphatic carbocycles. The second kappa shape index (κ2) is 9.40. The maximum Gasteiger partial charge on any atom is 0.0521 e. The highest BCUT2D eigenvalue weighted by molar-refractivity contribution is 7.99. The van der Waals surface area contributed by atoms with Gasteiger partial charge >= 0.3 is 0 Å². The van der Waals surface area contributed by atoms with Crippen molar-refractivity contribution in [3.05, 3.63) is 0 Å². The van der Waals surface area contributed by atoms with Crippen LogP contribution in [0, 0.1) is 0 Å². The van der Waals surface area contributed by atoms with Crippen molar-refractivity contribution in [2.45, 2.75) is 51.2 Å². The first kappa shape index (κ1) is 12.3. The van der Waals surface area contributed by atoms with Crippen LogP contribution in [0.15, 0.2) is 0 Å². The largest absolute Gasteiger partial charge is 0.396 e. The summed E-state index contributed by atoms with van der Waals surface area (Å²) in [4.78, 5) is 0. The molecule has 0 aromatic heterocycles. The Bertz CT molecular complexity index is 85.9. The van der Waals surface area contributed by atoms with Crippen LogP contribution in [0.5, 0.6) is 0 Å². The van der Waals surface area contributed by atoms with Crippen LogP contribution >= 0.6 is 11.8 Å². The number of aliphatic hydroxyl groups is 1. The highest BCUT2D eigenvalue weighted by Gasteiger charge is 2.00. The molecule has 0 fully saturated rings. The molecule has 1 atom stereocenters. The SMILES string of the molecule is CCCCCCC(C)SCCO. The van der Waals surface area contributed by atoms with Crippen LogP contribution in [-0.4, -0.2) is 22.7 Å². The third kappa shape index (κ3) is 8.41.